The van der Waals surface area contributed by atoms with Crippen LogP contribution in [0.1, 0.15) is 52.6 Å². The summed E-state index contributed by atoms with van der Waals surface area (Å²) in [5, 5.41) is 15.3. The summed E-state index contributed by atoms with van der Waals surface area (Å²) in [6, 6.07) is 13.8. The van der Waals surface area contributed by atoms with E-state index < -0.39 is 42.2 Å². The predicted octanol–water partition coefficient (Wildman–Crippen LogP) is 3.30. The number of rotatable bonds is 8. The van der Waals surface area contributed by atoms with Gasteiger partial charge >= 0.3 is 6.18 Å². The fraction of sp³-hybridized carbons (Fsp3) is 0.290. The molecule has 2 aromatic heterocycles. The maximum absolute atomic E-state index is 13.6. The summed E-state index contributed by atoms with van der Waals surface area (Å²) in [4.78, 5) is 30.8. The quantitative estimate of drug-likeness (QED) is 0.217. The topological polar surface area (TPSA) is 108 Å². The Morgan fingerprint density at radius 3 is 2.40 bits per heavy atom. The first-order valence-corrected chi connectivity index (χ1v) is 14.5. The second-order valence-electron chi connectivity index (χ2n) is 10.6. The van der Waals surface area contributed by atoms with Crippen molar-refractivity contribution >= 4 is 22.9 Å². The van der Waals surface area contributed by atoms with Gasteiger partial charge in [0.2, 0.25) is 5.71 Å². The van der Waals surface area contributed by atoms with Crippen molar-refractivity contribution in [1.82, 2.24) is 15.6 Å². The number of furan rings is 1. The molecule has 1 aliphatic rings. The molecule has 1 unspecified atom stereocenters. The molecule has 1 atom stereocenters. The molecular formula is C31H25F4IN4O3-. The molecule has 43 heavy (non-hydrogen) atoms. The first-order valence-electron chi connectivity index (χ1n) is 13.4. The normalized spacial score (nSPS) is 14.7. The zero-order chi connectivity index (χ0) is 31.1. The highest BCUT2D eigenvalue weighted by Gasteiger charge is 2.43. The van der Waals surface area contributed by atoms with Crippen LogP contribution in [0.4, 0.5) is 17.6 Å². The Labute approximate surface area is 257 Å². The van der Waals surface area contributed by atoms with Crippen LogP contribution in [0.25, 0.3) is 33.6 Å². The van der Waals surface area contributed by atoms with Gasteiger partial charge < -0.3 is 37.6 Å². The number of carbonyl (C=O) groups excluding carboxylic acids is 2. The van der Waals surface area contributed by atoms with Crippen LogP contribution in [0, 0.1) is 26.6 Å². The number of pyridine rings is 1. The number of fused-ring (bicyclic) bond motifs is 1. The van der Waals surface area contributed by atoms with Gasteiger partial charge in [0.15, 0.2) is 0 Å². The van der Waals surface area contributed by atoms with Gasteiger partial charge in [0, 0.05) is 30.2 Å². The van der Waals surface area contributed by atoms with E-state index in [-0.39, 0.29) is 45.2 Å². The lowest BCUT2D eigenvalue weighted by Crippen LogP contribution is -3.34. The molecule has 5 rings (SSSR count). The SMILES string of the molecule is CNC(=O)c1c(-c2ccc(F)cc2)oc2nc(CCC(F)(F)F)c(-c3cc([I-])cc(C(=O)NC(C)(C#N)C4CC4)c3)cc12. The van der Waals surface area contributed by atoms with Crippen molar-refractivity contribution in [3.05, 3.63) is 74.7 Å². The Hall–Kier alpha value is -3.99. The molecule has 0 spiro atoms. The molecule has 1 aliphatic carbocycles. The second-order valence-corrected chi connectivity index (χ2v) is 11.9. The Balaban J connectivity index is 1.68. The number of nitrogens with zero attached hydrogens (tertiary/aromatic N) is 2. The van der Waals surface area contributed by atoms with E-state index in [9.17, 15) is 32.4 Å². The Kier molecular flexibility index (Phi) is 8.22. The molecular weight excluding hydrogens is 679 g/mol. The molecule has 223 valence electrons. The third-order valence-electron chi connectivity index (χ3n) is 7.44. The molecule has 0 saturated heterocycles. The molecule has 4 aromatic rings. The van der Waals surface area contributed by atoms with Crippen molar-refractivity contribution in [2.45, 2.75) is 44.3 Å². The maximum atomic E-state index is 13.6. The summed E-state index contributed by atoms with van der Waals surface area (Å²) >= 11 is 2.01. The second kappa shape index (κ2) is 11.6. The molecule has 1 saturated carbocycles. The summed E-state index contributed by atoms with van der Waals surface area (Å²) in [5.41, 5.74) is 0.313. The van der Waals surface area contributed by atoms with Crippen molar-refractivity contribution < 1.29 is 54.2 Å². The zero-order valence-electron chi connectivity index (χ0n) is 23.0. The van der Waals surface area contributed by atoms with E-state index in [1.807, 2.05) is 22.6 Å². The molecule has 2 heterocycles. The Bertz CT molecular complexity index is 1780. The summed E-state index contributed by atoms with van der Waals surface area (Å²) in [7, 11) is 1.42. The minimum atomic E-state index is -4.47. The van der Waals surface area contributed by atoms with Crippen molar-refractivity contribution in [3.8, 4) is 28.5 Å². The molecule has 0 bridgehead atoms. The van der Waals surface area contributed by atoms with Crippen LogP contribution in [0.15, 0.2) is 52.9 Å². The summed E-state index contributed by atoms with van der Waals surface area (Å²) in [6.45, 7) is 1.67. The highest BCUT2D eigenvalue weighted by molar-refractivity contribution is 6.11. The Morgan fingerprint density at radius 1 is 1.09 bits per heavy atom. The van der Waals surface area contributed by atoms with E-state index in [1.165, 1.54) is 43.4 Å². The van der Waals surface area contributed by atoms with Gasteiger partial charge in [0.25, 0.3) is 11.8 Å². The molecule has 2 N–H and O–H groups in total. The van der Waals surface area contributed by atoms with Crippen LogP contribution in [-0.2, 0) is 6.42 Å². The molecule has 1 radical (unpaired) electrons. The number of halogens is 5. The van der Waals surface area contributed by atoms with Crippen LogP contribution in [-0.4, -0.2) is 35.6 Å². The van der Waals surface area contributed by atoms with Gasteiger partial charge in [0.1, 0.15) is 17.1 Å². The average Bonchev–Trinajstić information content (AvgIpc) is 3.76. The summed E-state index contributed by atoms with van der Waals surface area (Å²) < 4.78 is 60.2. The molecule has 7 nitrogen and oxygen atoms in total. The fourth-order valence-corrected chi connectivity index (χ4v) is 5.65. The van der Waals surface area contributed by atoms with Crippen LogP contribution in [0.5, 0.6) is 0 Å². The van der Waals surface area contributed by atoms with E-state index in [4.69, 9.17) is 4.42 Å². The van der Waals surface area contributed by atoms with Crippen molar-refractivity contribution in [2.75, 3.05) is 7.05 Å². The van der Waals surface area contributed by atoms with E-state index in [0.717, 1.165) is 12.8 Å². The van der Waals surface area contributed by atoms with Crippen molar-refractivity contribution in [3.63, 3.8) is 0 Å². The van der Waals surface area contributed by atoms with Crippen LogP contribution < -0.4 is 33.2 Å². The van der Waals surface area contributed by atoms with E-state index >= 15 is 0 Å². The molecule has 2 aromatic carbocycles. The molecule has 0 aliphatic heterocycles. The number of benzene rings is 2. The maximum Gasteiger partial charge on any atom is 0.389 e. The summed E-state index contributed by atoms with van der Waals surface area (Å²) in [5.74, 6) is -1.40. The highest BCUT2D eigenvalue weighted by atomic mass is 127. The van der Waals surface area contributed by atoms with Crippen molar-refractivity contribution in [2.24, 2.45) is 5.92 Å². The zero-order valence-corrected chi connectivity index (χ0v) is 25.2. The van der Waals surface area contributed by atoms with E-state index in [2.05, 4.69) is 21.7 Å². The smallest absolute Gasteiger partial charge is 0.389 e. The van der Waals surface area contributed by atoms with Crippen LogP contribution in [0.3, 0.4) is 0 Å². The van der Waals surface area contributed by atoms with Gasteiger partial charge in [-0.25, -0.2) is 9.37 Å². The number of nitrogens with one attached hydrogen (secondary N) is 2. The molecule has 12 heteroatoms. The van der Waals surface area contributed by atoms with Gasteiger partial charge in [-0.3, -0.25) is 9.59 Å². The monoisotopic (exact) mass is 704 g/mol. The van der Waals surface area contributed by atoms with Crippen LogP contribution in [0.2, 0.25) is 0 Å². The van der Waals surface area contributed by atoms with Gasteiger partial charge in [-0.2, -0.15) is 22.0 Å². The lowest BCUT2D eigenvalue weighted by atomic mass is 9.95. The average molecular weight is 704 g/mol. The third kappa shape index (κ3) is 6.51. The number of hydrogen-bond acceptors (Lipinski definition) is 5. The minimum absolute atomic E-state index is 0.0452. The fourth-order valence-electron chi connectivity index (χ4n) is 4.98. The standard InChI is InChI=1S/C31H25F4IN4O3/c1-30(15-37,19-5-6-19)40-27(41)18-11-17(12-21(36)13-18)22-14-23-25(28(42)38-2)26(16-3-7-20(32)8-4-16)43-29(23)39-24(22)9-10-31(33,34)35/h3-4,7-8,11-14,19H,5-6,9-10H2,1-2H3,(H,38,42)(H,40,41)/q-1. The Morgan fingerprint density at radius 2 is 1.79 bits per heavy atom. The van der Waals surface area contributed by atoms with Crippen molar-refractivity contribution in [1.29, 1.82) is 5.26 Å². The third-order valence-corrected chi connectivity index (χ3v) is 8.06. The number of aromatic nitrogens is 1. The number of alkyl halides is 3. The number of aryl methyl sites for hydroxylation is 1. The van der Waals surface area contributed by atoms with Gasteiger partial charge in [-0.05, 0) is 74.1 Å². The van der Waals surface area contributed by atoms with Crippen LogP contribution >= 0.6 is 0 Å². The number of amides is 2. The van der Waals surface area contributed by atoms with Gasteiger partial charge in [0.05, 0.1) is 22.7 Å². The highest BCUT2D eigenvalue weighted by Crippen LogP contribution is 2.40. The largest absolute Gasteiger partial charge is 0.758 e. The van der Waals surface area contributed by atoms with E-state index in [1.54, 1.807) is 19.1 Å². The lowest BCUT2D eigenvalue weighted by molar-refractivity contribution is -0.328. The predicted molar refractivity (Wildman–Crippen MR) is 146 cm³/mol. The molecule has 1 fully saturated rings. The number of nitriles is 1. The first kappa shape index (κ1) is 30.5. The minimum Gasteiger partial charge on any atom is -0.758 e. The lowest BCUT2D eigenvalue weighted by Gasteiger charge is -2.24. The number of hydrogen-bond donors (Lipinski definition) is 2. The first-order chi connectivity index (χ1) is 20.3. The van der Waals surface area contributed by atoms with Gasteiger partial charge in [-0.1, -0.05) is 12.1 Å². The van der Waals surface area contributed by atoms with Gasteiger partial charge in [-0.15, -0.1) is 0 Å². The number of carbonyl (C=O) groups is 2. The summed E-state index contributed by atoms with van der Waals surface area (Å²) in [6.07, 6.45) is -4.46. The molecule has 2 amide bonds. The van der Waals surface area contributed by atoms with E-state index in [0.29, 0.717) is 14.7 Å².